The highest BCUT2D eigenvalue weighted by Crippen LogP contribution is 2.46. The van der Waals surface area contributed by atoms with Gasteiger partial charge in [-0.2, -0.15) is 0 Å². The number of phenolic OH excluding ortho intramolecular Hbond substituents is 1. The number of para-hydroxylation sites is 2. The van der Waals surface area contributed by atoms with Crippen molar-refractivity contribution < 1.29 is 24.2 Å². The molecule has 168 valence electrons. The molecule has 0 bridgehead atoms. The van der Waals surface area contributed by atoms with Crippen molar-refractivity contribution in [2.75, 3.05) is 24.4 Å². The van der Waals surface area contributed by atoms with Crippen molar-refractivity contribution in [3.63, 3.8) is 0 Å². The van der Waals surface area contributed by atoms with E-state index in [4.69, 9.17) is 21.1 Å². The topological polar surface area (TPSA) is 96.9 Å². The fourth-order valence-corrected chi connectivity index (χ4v) is 4.63. The summed E-state index contributed by atoms with van der Waals surface area (Å²) in [5.74, 6) is -1.90. The number of hydrogen-bond acceptors (Lipinski definition) is 7. The van der Waals surface area contributed by atoms with Crippen LogP contribution in [0.5, 0.6) is 11.5 Å². The van der Waals surface area contributed by atoms with Crippen molar-refractivity contribution in [3.8, 4) is 11.5 Å². The summed E-state index contributed by atoms with van der Waals surface area (Å²) in [6.45, 7) is 4.01. The molecule has 0 unspecified atom stereocenters. The van der Waals surface area contributed by atoms with Gasteiger partial charge in [0, 0.05) is 11.3 Å². The Kier molecular flexibility index (Phi) is 6.02. The fourth-order valence-electron chi connectivity index (χ4n) is 4.41. The summed E-state index contributed by atoms with van der Waals surface area (Å²) in [7, 11) is 1.29. The molecular formula is C24H25ClN2O5. The smallest absolute Gasteiger partial charge is 0.316 e. The number of aromatic hydroxyl groups is 1. The number of Topliss-reactive ketones (excluding diaryl/α,β-unsaturated/α-hetero) is 1. The highest BCUT2D eigenvalue weighted by molar-refractivity contribution is 6.32. The van der Waals surface area contributed by atoms with Gasteiger partial charge >= 0.3 is 5.97 Å². The lowest BCUT2D eigenvalue weighted by atomic mass is 9.75. The number of esters is 1. The number of allylic oxidation sites excluding steroid dienone is 1. The minimum atomic E-state index is -0.898. The van der Waals surface area contributed by atoms with Crippen molar-refractivity contribution in [1.82, 2.24) is 0 Å². The number of nitrogens with one attached hydrogen (secondary N) is 2. The molecule has 0 saturated carbocycles. The Balaban J connectivity index is 1.90. The van der Waals surface area contributed by atoms with E-state index < -0.39 is 17.9 Å². The van der Waals surface area contributed by atoms with E-state index in [9.17, 15) is 14.7 Å². The van der Waals surface area contributed by atoms with Crippen LogP contribution >= 0.6 is 11.6 Å². The number of methoxy groups -OCH3 is 1. The molecule has 4 rings (SSSR count). The zero-order valence-corrected chi connectivity index (χ0v) is 18.8. The highest BCUT2D eigenvalue weighted by Gasteiger charge is 2.44. The molecule has 0 aromatic heterocycles. The summed E-state index contributed by atoms with van der Waals surface area (Å²) in [5, 5.41) is 17.2. The normalized spacial score (nSPS) is 22.1. The third-order valence-corrected chi connectivity index (χ3v) is 6.20. The van der Waals surface area contributed by atoms with Gasteiger partial charge in [0.05, 0.1) is 36.2 Å². The minimum absolute atomic E-state index is 0.113. The zero-order valence-electron chi connectivity index (χ0n) is 18.1. The number of ketones is 1. The average molecular weight is 457 g/mol. The van der Waals surface area contributed by atoms with Gasteiger partial charge in [-0.05, 0) is 49.1 Å². The molecular weight excluding hydrogens is 432 g/mol. The first kappa shape index (κ1) is 22.0. The largest absolute Gasteiger partial charge is 0.503 e. The van der Waals surface area contributed by atoms with Gasteiger partial charge < -0.3 is 25.2 Å². The molecule has 0 spiro atoms. The van der Waals surface area contributed by atoms with Crippen LogP contribution in [0.4, 0.5) is 11.4 Å². The quantitative estimate of drug-likeness (QED) is 0.454. The number of fused-ring (bicyclic) bond motifs is 1. The van der Waals surface area contributed by atoms with E-state index in [0.717, 1.165) is 17.1 Å². The van der Waals surface area contributed by atoms with Crippen molar-refractivity contribution >= 4 is 34.7 Å². The maximum atomic E-state index is 13.7. The van der Waals surface area contributed by atoms with Gasteiger partial charge in [0.25, 0.3) is 0 Å². The number of carbonyl (C=O) groups excluding carboxylic acids is 2. The van der Waals surface area contributed by atoms with Crippen molar-refractivity contribution in [2.45, 2.75) is 26.3 Å². The Labute approximate surface area is 191 Å². The summed E-state index contributed by atoms with van der Waals surface area (Å²) in [4.78, 5) is 26.1. The molecule has 3 N–H and O–H groups in total. The van der Waals surface area contributed by atoms with E-state index in [1.165, 1.54) is 7.11 Å². The molecule has 0 radical (unpaired) electrons. The van der Waals surface area contributed by atoms with E-state index in [1.807, 2.05) is 31.2 Å². The molecule has 2 aromatic rings. The number of halogens is 1. The monoisotopic (exact) mass is 456 g/mol. The Morgan fingerprint density at radius 2 is 1.97 bits per heavy atom. The second-order valence-corrected chi connectivity index (χ2v) is 8.38. The molecule has 1 heterocycles. The minimum Gasteiger partial charge on any atom is -0.503 e. The number of ether oxygens (including phenoxy) is 2. The molecule has 2 aliphatic rings. The molecule has 3 atom stereocenters. The fraction of sp³-hybridized carbons (Fsp3) is 0.333. The summed E-state index contributed by atoms with van der Waals surface area (Å²) in [5.41, 5.74) is 3.44. The molecule has 1 aliphatic carbocycles. The molecule has 0 fully saturated rings. The van der Waals surface area contributed by atoms with E-state index in [2.05, 4.69) is 10.6 Å². The van der Waals surface area contributed by atoms with E-state index >= 15 is 0 Å². The molecule has 32 heavy (non-hydrogen) atoms. The number of rotatable bonds is 4. The Morgan fingerprint density at radius 1 is 1.25 bits per heavy atom. The predicted octanol–water partition coefficient (Wildman–Crippen LogP) is 4.68. The predicted molar refractivity (Wildman–Crippen MR) is 122 cm³/mol. The van der Waals surface area contributed by atoms with Gasteiger partial charge in [-0.25, -0.2) is 0 Å². The van der Waals surface area contributed by atoms with Crippen molar-refractivity contribution in [3.05, 3.63) is 58.3 Å². The third-order valence-electron chi connectivity index (χ3n) is 5.91. The lowest BCUT2D eigenvalue weighted by Gasteiger charge is -2.32. The maximum Gasteiger partial charge on any atom is 0.316 e. The molecule has 7 nitrogen and oxygen atoms in total. The molecule has 1 aliphatic heterocycles. The number of benzene rings is 2. The van der Waals surface area contributed by atoms with Crippen molar-refractivity contribution in [2.24, 2.45) is 11.8 Å². The Morgan fingerprint density at radius 3 is 2.66 bits per heavy atom. The van der Waals surface area contributed by atoms with E-state index in [-0.39, 0.29) is 28.2 Å². The molecule has 0 amide bonds. The number of hydrogen-bond donors (Lipinski definition) is 3. The van der Waals surface area contributed by atoms with Gasteiger partial charge in [-0.3, -0.25) is 9.59 Å². The van der Waals surface area contributed by atoms with Crippen LogP contribution < -0.4 is 15.4 Å². The lowest BCUT2D eigenvalue weighted by molar-refractivity contribution is -0.151. The SMILES string of the molecule is CCOc1cc([C@H]2Nc3ccccc3NC3=C2C(=O)[C@@H](C(=O)OC)[C@H](C)C3)cc(Cl)c1O. The van der Waals surface area contributed by atoms with Gasteiger partial charge in [0.1, 0.15) is 5.92 Å². The number of carbonyl (C=O) groups is 2. The van der Waals surface area contributed by atoms with E-state index in [0.29, 0.717) is 24.2 Å². The standard InChI is InChI=1S/C24H25ClN2O5/c1-4-32-18-11-13(10-14(25)22(18)28)21-20-17(26-15-7-5-6-8-16(15)27-21)9-12(2)19(23(20)29)24(30)31-3/h5-8,10-12,19,21,26-28H,4,9H2,1-3H3/t12-,19+,21-/m1/s1. The molecule has 2 aromatic carbocycles. The lowest BCUT2D eigenvalue weighted by Crippen LogP contribution is -2.39. The first-order chi connectivity index (χ1) is 15.3. The maximum absolute atomic E-state index is 13.7. The molecule has 0 saturated heterocycles. The van der Waals surface area contributed by atoms with Crippen LogP contribution in [-0.4, -0.2) is 30.6 Å². The zero-order chi connectivity index (χ0) is 23.0. The highest BCUT2D eigenvalue weighted by atomic mass is 35.5. The summed E-state index contributed by atoms with van der Waals surface area (Å²) in [6, 6.07) is 10.3. The second-order valence-electron chi connectivity index (χ2n) is 7.97. The van der Waals surface area contributed by atoms with Crippen LogP contribution in [0, 0.1) is 11.8 Å². The number of anilines is 2. The van der Waals surface area contributed by atoms with Crippen LogP contribution in [0.3, 0.4) is 0 Å². The second kappa shape index (κ2) is 8.74. The van der Waals surface area contributed by atoms with Gasteiger partial charge in [-0.1, -0.05) is 30.7 Å². The van der Waals surface area contributed by atoms with Crippen LogP contribution in [0.25, 0.3) is 0 Å². The van der Waals surface area contributed by atoms with Gasteiger partial charge in [-0.15, -0.1) is 0 Å². The summed E-state index contributed by atoms with van der Waals surface area (Å²) in [6.07, 6.45) is 0.498. The van der Waals surface area contributed by atoms with Gasteiger partial charge in [0.2, 0.25) is 0 Å². The van der Waals surface area contributed by atoms with Crippen LogP contribution in [0.2, 0.25) is 5.02 Å². The van der Waals surface area contributed by atoms with Crippen LogP contribution in [0.15, 0.2) is 47.7 Å². The van der Waals surface area contributed by atoms with Crippen LogP contribution in [-0.2, 0) is 14.3 Å². The Bertz CT molecular complexity index is 1110. The first-order valence-corrected chi connectivity index (χ1v) is 10.9. The van der Waals surface area contributed by atoms with Crippen molar-refractivity contribution in [1.29, 1.82) is 0 Å². The van der Waals surface area contributed by atoms with E-state index in [1.54, 1.807) is 19.1 Å². The summed E-state index contributed by atoms with van der Waals surface area (Å²) >= 11 is 6.30. The van der Waals surface area contributed by atoms with Gasteiger partial charge in [0.15, 0.2) is 17.3 Å². The first-order valence-electron chi connectivity index (χ1n) is 10.5. The third kappa shape index (κ3) is 3.77. The van der Waals surface area contributed by atoms with Crippen LogP contribution in [0.1, 0.15) is 31.9 Å². The Hall–Kier alpha value is -3.19. The average Bonchev–Trinajstić information content (AvgIpc) is 2.93. The summed E-state index contributed by atoms with van der Waals surface area (Å²) < 4.78 is 10.5. The number of phenols is 1. The molecule has 8 heteroatoms.